The molecule has 122 valence electrons. The smallest absolute Gasteiger partial charge is 0.223 e. The standard InChI is InChI=1S/C17H20FN3O2/c18-14-5-2-1-4-13(14)15-12-20-16(23-15)6-7-17(22)21-10-3-8-19-9-11-21/h1-2,4-5,12,19H,3,6-11H2. The summed E-state index contributed by atoms with van der Waals surface area (Å²) in [6.07, 6.45) is 3.27. The Morgan fingerprint density at radius 3 is 3.04 bits per heavy atom. The van der Waals surface area contributed by atoms with E-state index in [4.69, 9.17) is 4.42 Å². The molecular formula is C17H20FN3O2. The molecular weight excluding hydrogens is 297 g/mol. The minimum atomic E-state index is -0.344. The maximum absolute atomic E-state index is 13.7. The first kappa shape index (κ1) is 15.7. The van der Waals surface area contributed by atoms with E-state index in [1.807, 2.05) is 4.90 Å². The van der Waals surface area contributed by atoms with Crippen molar-refractivity contribution in [3.05, 3.63) is 42.2 Å². The van der Waals surface area contributed by atoms with Gasteiger partial charge in [0.25, 0.3) is 0 Å². The lowest BCUT2D eigenvalue weighted by Crippen LogP contribution is -2.34. The number of hydrogen-bond acceptors (Lipinski definition) is 4. The van der Waals surface area contributed by atoms with E-state index in [1.54, 1.807) is 18.2 Å². The second-order valence-electron chi connectivity index (χ2n) is 5.58. The van der Waals surface area contributed by atoms with E-state index in [1.165, 1.54) is 12.3 Å². The third kappa shape index (κ3) is 3.96. The molecule has 0 saturated carbocycles. The number of aromatic nitrogens is 1. The van der Waals surface area contributed by atoms with E-state index >= 15 is 0 Å². The molecule has 23 heavy (non-hydrogen) atoms. The Labute approximate surface area is 134 Å². The second kappa shape index (κ2) is 7.37. The number of nitrogens with zero attached hydrogens (tertiary/aromatic N) is 2. The van der Waals surface area contributed by atoms with Crippen LogP contribution in [0.25, 0.3) is 11.3 Å². The normalized spacial score (nSPS) is 15.4. The molecule has 0 unspecified atom stereocenters. The van der Waals surface area contributed by atoms with E-state index in [-0.39, 0.29) is 11.7 Å². The first-order chi connectivity index (χ1) is 11.2. The number of carbonyl (C=O) groups is 1. The fraction of sp³-hybridized carbons (Fsp3) is 0.412. The molecule has 1 aromatic heterocycles. The van der Waals surface area contributed by atoms with Crippen molar-refractivity contribution in [3.63, 3.8) is 0 Å². The maximum Gasteiger partial charge on any atom is 0.223 e. The molecule has 2 aromatic rings. The van der Waals surface area contributed by atoms with Crippen LogP contribution < -0.4 is 5.32 Å². The molecule has 1 aromatic carbocycles. The summed E-state index contributed by atoms with van der Waals surface area (Å²) in [7, 11) is 0. The summed E-state index contributed by atoms with van der Waals surface area (Å²) in [5.41, 5.74) is 0.385. The molecule has 0 aliphatic carbocycles. The summed E-state index contributed by atoms with van der Waals surface area (Å²) in [6.45, 7) is 3.32. The third-order valence-electron chi connectivity index (χ3n) is 3.94. The van der Waals surface area contributed by atoms with Crippen molar-refractivity contribution in [1.29, 1.82) is 0 Å². The van der Waals surface area contributed by atoms with Crippen molar-refractivity contribution < 1.29 is 13.6 Å². The molecule has 2 heterocycles. The third-order valence-corrected chi connectivity index (χ3v) is 3.94. The van der Waals surface area contributed by atoms with Gasteiger partial charge in [0.2, 0.25) is 5.91 Å². The molecule has 1 aliphatic heterocycles. The van der Waals surface area contributed by atoms with Gasteiger partial charge in [-0.05, 0) is 25.1 Å². The minimum absolute atomic E-state index is 0.111. The molecule has 0 bridgehead atoms. The number of carbonyl (C=O) groups excluding carboxylic acids is 1. The zero-order chi connectivity index (χ0) is 16.1. The Balaban J connectivity index is 1.59. The fourth-order valence-corrected chi connectivity index (χ4v) is 2.68. The van der Waals surface area contributed by atoms with E-state index < -0.39 is 0 Å². The number of rotatable bonds is 4. The number of aryl methyl sites for hydroxylation is 1. The van der Waals surface area contributed by atoms with E-state index in [9.17, 15) is 9.18 Å². The van der Waals surface area contributed by atoms with E-state index in [0.29, 0.717) is 30.1 Å². The van der Waals surface area contributed by atoms with Crippen LogP contribution in [-0.2, 0) is 11.2 Å². The lowest BCUT2D eigenvalue weighted by atomic mass is 10.2. The highest BCUT2D eigenvalue weighted by Gasteiger charge is 2.17. The quantitative estimate of drug-likeness (QED) is 0.939. The summed E-state index contributed by atoms with van der Waals surface area (Å²) in [5, 5.41) is 3.27. The Morgan fingerprint density at radius 1 is 1.30 bits per heavy atom. The molecule has 1 saturated heterocycles. The molecule has 5 nitrogen and oxygen atoms in total. The van der Waals surface area contributed by atoms with Crippen LogP contribution >= 0.6 is 0 Å². The average molecular weight is 317 g/mol. The fourth-order valence-electron chi connectivity index (χ4n) is 2.68. The van der Waals surface area contributed by atoms with Crippen LogP contribution in [0, 0.1) is 5.82 Å². The van der Waals surface area contributed by atoms with Crippen LogP contribution in [0.1, 0.15) is 18.7 Å². The topological polar surface area (TPSA) is 58.4 Å². The molecule has 0 spiro atoms. The van der Waals surface area contributed by atoms with Gasteiger partial charge in [-0.25, -0.2) is 9.37 Å². The number of benzene rings is 1. The Bertz CT molecular complexity index is 663. The zero-order valence-electron chi connectivity index (χ0n) is 12.9. The van der Waals surface area contributed by atoms with Crippen molar-refractivity contribution in [3.8, 4) is 11.3 Å². The van der Waals surface area contributed by atoms with Gasteiger partial charge < -0.3 is 14.6 Å². The summed E-state index contributed by atoms with van der Waals surface area (Å²) in [6, 6.07) is 6.41. The zero-order valence-corrected chi connectivity index (χ0v) is 12.9. The van der Waals surface area contributed by atoms with Crippen LogP contribution in [0.15, 0.2) is 34.9 Å². The van der Waals surface area contributed by atoms with Crippen LogP contribution in [0.3, 0.4) is 0 Å². The van der Waals surface area contributed by atoms with Crippen molar-refractivity contribution in [2.75, 3.05) is 26.2 Å². The molecule has 1 N–H and O–H groups in total. The van der Waals surface area contributed by atoms with Gasteiger partial charge in [-0.15, -0.1) is 0 Å². The van der Waals surface area contributed by atoms with E-state index in [2.05, 4.69) is 10.3 Å². The Hall–Kier alpha value is -2.21. The van der Waals surface area contributed by atoms with Gasteiger partial charge in [-0.1, -0.05) is 12.1 Å². The van der Waals surface area contributed by atoms with Crippen molar-refractivity contribution >= 4 is 5.91 Å². The van der Waals surface area contributed by atoms with Gasteiger partial charge in [0, 0.05) is 32.5 Å². The van der Waals surface area contributed by atoms with Crippen LogP contribution in [0.2, 0.25) is 0 Å². The Morgan fingerprint density at radius 2 is 2.17 bits per heavy atom. The minimum Gasteiger partial charge on any atom is -0.441 e. The second-order valence-corrected chi connectivity index (χ2v) is 5.58. The van der Waals surface area contributed by atoms with Crippen LogP contribution in [0.4, 0.5) is 4.39 Å². The first-order valence-corrected chi connectivity index (χ1v) is 7.92. The molecule has 1 amide bonds. The van der Waals surface area contributed by atoms with Gasteiger partial charge >= 0.3 is 0 Å². The molecule has 1 aliphatic rings. The molecule has 0 atom stereocenters. The monoisotopic (exact) mass is 317 g/mol. The lowest BCUT2D eigenvalue weighted by molar-refractivity contribution is -0.131. The molecule has 1 fully saturated rings. The highest BCUT2D eigenvalue weighted by atomic mass is 19.1. The molecule has 6 heteroatoms. The summed E-state index contributed by atoms with van der Waals surface area (Å²) < 4.78 is 19.3. The lowest BCUT2D eigenvalue weighted by Gasteiger charge is -2.19. The highest BCUT2D eigenvalue weighted by molar-refractivity contribution is 5.76. The number of amides is 1. The van der Waals surface area contributed by atoms with Crippen molar-refractivity contribution in [2.45, 2.75) is 19.3 Å². The highest BCUT2D eigenvalue weighted by Crippen LogP contribution is 2.23. The number of hydrogen-bond donors (Lipinski definition) is 1. The van der Waals surface area contributed by atoms with Gasteiger partial charge in [0.05, 0.1) is 11.8 Å². The summed E-state index contributed by atoms with van der Waals surface area (Å²) in [4.78, 5) is 18.3. The van der Waals surface area contributed by atoms with E-state index in [0.717, 1.165) is 32.6 Å². The van der Waals surface area contributed by atoms with Crippen molar-refractivity contribution in [1.82, 2.24) is 15.2 Å². The Kier molecular flexibility index (Phi) is 5.02. The predicted octanol–water partition coefficient (Wildman–Crippen LogP) is 2.24. The van der Waals surface area contributed by atoms with Crippen LogP contribution in [-0.4, -0.2) is 42.0 Å². The summed E-state index contributed by atoms with van der Waals surface area (Å²) >= 11 is 0. The molecule has 3 rings (SSSR count). The molecule has 0 radical (unpaired) electrons. The number of halogens is 1. The average Bonchev–Trinajstić information content (AvgIpc) is 2.86. The van der Waals surface area contributed by atoms with Gasteiger partial charge in [-0.3, -0.25) is 4.79 Å². The van der Waals surface area contributed by atoms with Gasteiger partial charge in [-0.2, -0.15) is 0 Å². The number of oxazole rings is 1. The van der Waals surface area contributed by atoms with Crippen molar-refractivity contribution in [2.24, 2.45) is 0 Å². The SMILES string of the molecule is O=C(CCc1ncc(-c2ccccc2F)o1)N1CCCNCC1. The van der Waals surface area contributed by atoms with Gasteiger partial charge in [0.1, 0.15) is 5.82 Å². The van der Waals surface area contributed by atoms with Gasteiger partial charge in [0.15, 0.2) is 11.7 Å². The summed E-state index contributed by atoms with van der Waals surface area (Å²) in [5.74, 6) is 0.622. The first-order valence-electron chi connectivity index (χ1n) is 7.92. The predicted molar refractivity (Wildman–Crippen MR) is 84.3 cm³/mol. The maximum atomic E-state index is 13.7. The number of nitrogens with one attached hydrogen (secondary N) is 1. The van der Waals surface area contributed by atoms with Crippen LogP contribution in [0.5, 0.6) is 0 Å². The largest absolute Gasteiger partial charge is 0.441 e.